The summed E-state index contributed by atoms with van der Waals surface area (Å²) in [5.74, 6) is -0.971. The van der Waals surface area contributed by atoms with Crippen molar-refractivity contribution in [3.8, 4) is 0 Å². The fraction of sp³-hybridized carbons (Fsp3) is 0.533. The van der Waals surface area contributed by atoms with Crippen LogP contribution in [0.25, 0.3) is 0 Å². The van der Waals surface area contributed by atoms with Gasteiger partial charge in [0.15, 0.2) is 0 Å². The molecular formula is C15H22N2O5S. The standard InChI is InChI=1S/C15H22N2O5S/c1-22-10-11-23(20,21)16-13-6-8-17(9-7-13)14-4-2-12(3-5-14)15(18)19/h2-5,13,16H,6-11H2,1H3,(H,18,19). The minimum absolute atomic E-state index is 0.0274. The first-order valence-electron chi connectivity index (χ1n) is 7.48. The number of ether oxygens (including phenoxy) is 1. The van der Waals surface area contributed by atoms with E-state index in [4.69, 9.17) is 9.84 Å². The lowest BCUT2D eigenvalue weighted by molar-refractivity contribution is 0.0697. The number of carboxylic acid groups (broad SMARTS) is 1. The lowest BCUT2D eigenvalue weighted by Gasteiger charge is -2.33. The highest BCUT2D eigenvalue weighted by atomic mass is 32.2. The number of benzene rings is 1. The average Bonchev–Trinajstić information content (AvgIpc) is 2.53. The lowest BCUT2D eigenvalue weighted by atomic mass is 10.1. The van der Waals surface area contributed by atoms with Gasteiger partial charge in [0.1, 0.15) is 0 Å². The smallest absolute Gasteiger partial charge is 0.335 e. The summed E-state index contributed by atoms with van der Waals surface area (Å²) in [4.78, 5) is 13.0. The second-order valence-corrected chi connectivity index (χ2v) is 7.42. The summed E-state index contributed by atoms with van der Waals surface area (Å²) < 4.78 is 31.2. The van der Waals surface area contributed by atoms with Crippen molar-refractivity contribution in [1.29, 1.82) is 0 Å². The molecule has 7 nitrogen and oxygen atoms in total. The van der Waals surface area contributed by atoms with E-state index < -0.39 is 16.0 Å². The van der Waals surface area contributed by atoms with Gasteiger partial charge in [-0.25, -0.2) is 17.9 Å². The van der Waals surface area contributed by atoms with Crippen LogP contribution in [0, 0.1) is 0 Å². The Kier molecular flexibility index (Phi) is 5.97. The molecule has 1 aromatic carbocycles. The van der Waals surface area contributed by atoms with Crippen molar-refractivity contribution in [2.24, 2.45) is 0 Å². The number of anilines is 1. The Morgan fingerprint density at radius 1 is 1.30 bits per heavy atom. The van der Waals surface area contributed by atoms with Gasteiger partial charge in [-0.1, -0.05) is 0 Å². The summed E-state index contributed by atoms with van der Waals surface area (Å²) in [7, 11) is -1.82. The highest BCUT2D eigenvalue weighted by Crippen LogP contribution is 2.21. The van der Waals surface area contributed by atoms with Gasteiger partial charge in [-0.3, -0.25) is 0 Å². The molecule has 1 aromatic rings. The zero-order chi connectivity index (χ0) is 16.9. The van der Waals surface area contributed by atoms with Crippen LogP contribution in [0.2, 0.25) is 0 Å². The first-order chi connectivity index (χ1) is 10.9. The molecule has 128 valence electrons. The lowest BCUT2D eigenvalue weighted by Crippen LogP contribution is -2.45. The second kappa shape index (κ2) is 7.76. The van der Waals surface area contributed by atoms with E-state index in [0.717, 1.165) is 18.8 Å². The first kappa shape index (κ1) is 17.7. The van der Waals surface area contributed by atoms with Gasteiger partial charge in [0.05, 0.1) is 17.9 Å². The molecule has 1 fully saturated rings. The average molecular weight is 342 g/mol. The molecule has 0 atom stereocenters. The van der Waals surface area contributed by atoms with Crippen molar-refractivity contribution in [2.75, 3.05) is 37.5 Å². The fourth-order valence-electron chi connectivity index (χ4n) is 2.58. The largest absolute Gasteiger partial charge is 0.478 e. The number of nitrogens with zero attached hydrogens (tertiary/aromatic N) is 1. The number of carboxylic acids is 1. The van der Waals surface area contributed by atoms with E-state index in [0.29, 0.717) is 12.8 Å². The van der Waals surface area contributed by atoms with Crippen LogP contribution in [-0.2, 0) is 14.8 Å². The molecule has 0 bridgehead atoms. The molecular weight excluding hydrogens is 320 g/mol. The Morgan fingerprint density at radius 3 is 2.43 bits per heavy atom. The van der Waals surface area contributed by atoms with Crippen LogP contribution in [0.3, 0.4) is 0 Å². The Balaban J connectivity index is 1.87. The van der Waals surface area contributed by atoms with Crippen LogP contribution in [-0.4, -0.2) is 58.1 Å². The minimum atomic E-state index is -3.30. The molecule has 2 N–H and O–H groups in total. The topological polar surface area (TPSA) is 95.9 Å². The number of rotatable bonds is 7. The predicted molar refractivity (Wildman–Crippen MR) is 87.4 cm³/mol. The quantitative estimate of drug-likeness (QED) is 0.765. The van der Waals surface area contributed by atoms with Crippen LogP contribution >= 0.6 is 0 Å². The van der Waals surface area contributed by atoms with Gasteiger partial charge in [0.25, 0.3) is 0 Å². The molecule has 0 unspecified atom stereocenters. The molecule has 0 amide bonds. The SMILES string of the molecule is COCCS(=O)(=O)NC1CCN(c2ccc(C(=O)O)cc2)CC1. The molecule has 0 aromatic heterocycles. The van der Waals surface area contributed by atoms with Crippen molar-refractivity contribution in [1.82, 2.24) is 4.72 Å². The summed E-state index contributed by atoms with van der Waals surface area (Å²) >= 11 is 0. The van der Waals surface area contributed by atoms with Crippen molar-refractivity contribution in [3.63, 3.8) is 0 Å². The van der Waals surface area contributed by atoms with Crippen molar-refractivity contribution in [2.45, 2.75) is 18.9 Å². The van der Waals surface area contributed by atoms with Crippen LogP contribution < -0.4 is 9.62 Å². The maximum atomic E-state index is 11.9. The molecule has 2 rings (SSSR count). The van der Waals surface area contributed by atoms with Crippen molar-refractivity contribution >= 4 is 21.7 Å². The van der Waals surface area contributed by atoms with E-state index in [1.165, 1.54) is 7.11 Å². The van der Waals surface area contributed by atoms with Crippen LogP contribution in [0.15, 0.2) is 24.3 Å². The zero-order valence-corrected chi connectivity index (χ0v) is 13.9. The fourth-order valence-corrected chi connectivity index (χ4v) is 3.82. The molecule has 0 aliphatic carbocycles. The summed E-state index contributed by atoms with van der Waals surface area (Å²) in [5.41, 5.74) is 1.21. The molecule has 8 heteroatoms. The number of piperidine rings is 1. The maximum Gasteiger partial charge on any atom is 0.335 e. The summed E-state index contributed by atoms with van der Waals surface area (Å²) in [6.45, 7) is 1.64. The molecule has 0 spiro atoms. The van der Waals surface area contributed by atoms with Gasteiger partial charge in [0, 0.05) is 31.9 Å². The number of sulfonamides is 1. The van der Waals surface area contributed by atoms with E-state index in [1.807, 2.05) is 0 Å². The van der Waals surface area contributed by atoms with Crippen LogP contribution in [0.1, 0.15) is 23.2 Å². The molecule has 0 saturated carbocycles. The summed E-state index contributed by atoms with van der Waals surface area (Å²) in [6, 6.07) is 6.67. The van der Waals surface area contributed by atoms with E-state index in [9.17, 15) is 13.2 Å². The Morgan fingerprint density at radius 2 is 1.91 bits per heavy atom. The third-order valence-corrected chi connectivity index (χ3v) is 5.27. The summed E-state index contributed by atoms with van der Waals surface area (Å²) in [5, 5.41) is 8.90. The number of nitrogens with one attached hydrogen (secondary N) is 1. The van der Waals surface area contributed by atoms with Crippen molar-refractivity contribution < 1.29 is 23.1 Å². The predicted octanol–water partition coefficient (Wildman–Crippen LogP) is 0.919. The highest BCUT2D eigenvalue weighted by Gasteiger charge is 2.23. The van der Waals surface area contributed by atoms with Gasteiger partial charge >= 0.3 is 5.97 Å². The van der Waals surface area contributed by atoms with Gasteiger partial charge in [-0.2, -0.15) is 0 Å². The van der Waals surface area contributed by atoms with Gasteiger partial charge < -0.3 is 14.7 Å². The zero-order valence-electron chi connectivity index (χ0n) is 13.1. The molecule has 1 saturated heterocycles. The summed E-state index contributed by atoms with van der Waals surface area (Å²) in [6.07, 6.45) is 1.43. The van der Waals surface area contributed by atoms with E-state index in [2.05, 4.69) is 9.62 Å². The molecule has 23 heavy (non-hydrogen) atoms. The minimum Gasteiger partial charge on any atom is -0.478 e. The Bertz CT molecular complexity index is 622. The van der Waals surface area contributed by atoms with Crippen LogP contribution in [0.4, 0.5) is 5.69 Å². The van der Waals surface area contributed by atoms with Gasteiger partial charge in [-0.15, -0.1) is 0 Å². The van der Waals surface area contributed by atoms with E-state index in [-0.39, 0.29) is 24.0 Å². The molecule has 0 radical (unpaired) electrons. The van der Waals surface area contributed by atoms with Crippen molar-refractivity contribution in [3.05, 3.63) is 29.8 Å². The number of hydrogen-bond donors (Lipinski definition) is 2. The Hall–Kier alpha value is -1.64. The number of carbonyl (C=O) groups is 1. The van der Waals surface area contributed by atoms with E-state index >= 15 is 0 Å². The normalized spacial score (nSPS) is 16.5. The van der Waals surface area contributed by atoms with Gasteiger partial charge in [0.2, 0.25) is 10.0 Å². The second-order valence-electron chi connectivity index (χ2n) is 5.54. The maximum absolute atomic E-state index is 11.9. The molecule has 1 heterocycles. The third kappa shape index (κ3) is 5.19. The monoisotopic (exact) mass is 342 g/mol. The van der Waals surface area contributed by atoms with Gasteiger partial charge in [-0.05, 0) is 37.1 Å². The van der Waals surface area contributed by atoms with E-state index in [1.54, 1.807) is 24.3 Å². The number of methoxy groups -OCH3 is 1. The third-order valence-electron chi connectivity index (χ3n) is 3.88. The highest BCUT2D eigenvalue weighted by molar-refractivity contribution is 7.89. The first-order valence-corrected chi connectivity index (χ1v) is 9.14. The molecule has 1 aliphatic heterocycles. The van der Waals surface area contributed by atoms with Crippen LogP contribution in [0.5, 0.6) is 0 Å². The number of aromatic carboxylic acids is 1. The molecule has 1 aliphatic rings. The Labute approximate surface area is 136 Å². The number of hydrogen-bond acceptors (Lipinski definition) is 5.